The van der Waals surface area contributed by atoms with Gasteiger partial charge in [0.1, 0.15) is 12.4 Å². The van der Waals surface area contributed by atoms with E-state index in [9.17, 15) is 0 Å². The molecule has 1 rings (SSSR count). The minimum absolute atomic E-state index is 1.17. The fourth-order valence-corrected chi connectivity index (χ4v) is 2.93. The third kappa shape index (κ3) is 8.95. The van der Waals surface area contributed by atoms with Gasteiger partial charge in [-0.1, -0.05) is 78.1 Å². The zero-order valence-electron chi connectivity index (χ0n) is 14.5. The molecule has 1 heterocycles. The molecule has 0 saturated carbocycles. The van der Waals surface area contributed by atoms with Gasteiger partial charge in [-0.05, 0) is 12.8 Å². The smallest absolute Gasteiger partial charge is 0.248 e. The van der Waals surface area contributed by atoms with Gasteiger partial charge in [-0.25, -0.2) is 9.55 Å². The van der Waals surface area contributed by atoms with Crippen molar-refractivity contribution < 1.29 is 4.57 Å². The van der Waals surface area contributed by atoms with Crippen LogP contribution in [0.25, 0.3) is 0 Å². The van der Waals surface area contributed by atoms with Crippen LogP contribution in [-0.2, 0) is 13.0 Å². The first kappa shape index (κ1) is 18.3. The van der Waals surface area contributed by atoms with E-state index in [4.69, 9.17) is 0 Å². The number of nitrogens with one attached hydrogen (secondary N) is 1. The molecule has 21 heavy (non-hydrogen) atoms. The van der Waals surface area contributed by atoms with Crippen molar-refractivity contribution in [2.45, 2.75) is 104 Å². The lowest BCUT2D eigenvalue weighted by Crippen LogP contribution is -2.35. The van der Waals surface area contributed by atoms with Crippen molar-refractivity contribution in [2.24, 2.45) is 0 Å². The number of rotatable bonds is 14. The average Bonchev–Trinajstić information content (AvgIpc) is 2.94. The van der Waals surface area contributed by atoms with Crippen molar-refractivity contribution in [3.8, 4) is 0 Å². The summed E-state index contributed by atoms with van der Waals surface area (Å²) in [4.78, 5) is 3.41. The quantitative estimate of drug-likeness (QED) is 0.342. The summed E-state index contributed by atoms with van der Waals surface area (Å²) in [5.74, 6) is 1.42. The third-order valence-electron chi connectivity index (χ3n) is 4.37. The summed E-state index contributed by atoms with van der Waals surface area (Å²) in [7, 11) is 0. The van der Waals surface area contributed by atoms with Crippen molar-refractivity contribution >= 4 is 0 Å². The molecule has 0 aliphatic heterocycles. The average molecular weight is 294 g/mol. The monoisotopic (exact) mass is 293 g/mol. The fourth-order valence-electron chi connectivity index (χ4n) is 2.93. The van der Waals surface area contributed by atoms with E-state index in [-0.39, 0.29) is 0 Å². The van der Waals surface area contributed by atoms with E-state index in [1.54, 1.807) is 0 Å². The highest BCUT2D eigenvalue weighted by atomic mass is 15.1. The van der Waals surface area contributed by atoms with E-state index in [2.05, 4.69) is 35.8 Å². The zero-order valence-corrected chi connectivity index (χ0v) is 14.5. The Kier molecular flexibility index (Phi) is 11.2. The SMILES string of the molecule is CCCCCCCCCCCCc1[nH]cc[n+]1CCCC. The maximum Gasteiger partial charge on any atom is 0.254 e. The predicted octanol–water partition coefficient (Wildman–Crippen LogP) is 5.57. The molecule has 1 N–H and O–H groups in total. The van der Waals surface area contributed by atoms with Crippen LogP contribution in [0, 0.1) is 0 Å². The fraction of sp³-hybridized carbons (Fsp3) is 0.842. The molecule has 0 fully saturated rings. The largest absolute Gasteiger partial charge is 0.254 e. The van der Waals surface area contributed by atoms with Gasteiger partial charge >= 0.3 is 0 Å². The number of hydrogen-bond acceptors (Lipinski definition) is 0. The van der Waals surface area contributed by atoms with E-state index in [1.807, 2.05) is 0 Å². The topological polar surface area (TPSA) is 19.7 Å². The molecule has 0 aliphatic rings. The molecular weight excluding hydrogens is 256 g/mol. The van der Waals surface area contributed by atoms with Crippen molar-refractivity contribution in [1.29, 1.82) is 0 Å². The van der Waals surface area contributed by atoms with Crippen LogP contribution in [0.4, 0.5) is 0 Å². The van der Waals surface area contributed by atoms with E-state index in [0.29, 0.717) is 0 Å². The lowest BCUT2D eigenvalue weighted by molar-refractivity contribution is -0.703. The molecule has 0 aliphatic carbocycles. The summed E-state index contributed by atoms with van der Waals surface area (Å²) in [5.41, 5.74) is 0. The number of H-pyrrole nitrogens is 1. The Morgan fingerprint density at radius 3 is 1.95 bits per heavy atom. The van der Waals surface area contributed by atoms with Crippen molar-refractivity contribution in [2.75, 3.05) is 0 Å². The summed E-state index contributed by atoms with van der Waals surface area (Å²) < 4.78 is 2.40. The molecule has 1 aromatic rings. The second-order valence-electron chi connectivity index (χ2n) is 6.39. The van der Waals surface area contributed by atoms with Gasteiger partial charge in [-0.3, -0.25) is 0 Å². The summed E-state index contributed by atoms with van der Waals surface area (Å²) in [5, 5.41) is 0. The van der Waals surface area contributed by atoms with Gasteiger partial charge < -0.3 is 0 Å². The minimum Gasteiger partial charge on any atom is -0.248 e. The summed E-state index contributed by atoms with van der Waals surface area (Å²) >= 11 is 0. The Hall–Kier alpha value is -0.790. The standard InChI is InChI=1S/C19H36N2/c1-3-5-7-8-9-10-11-12-13-14-15-19-20-16-18-21(19)17-6-4-2/h16,18H,3-15,17H2,1-2H3/p+1. The zero-order chi connectivity index (χ0) is 15.2. The highest BCUT2D eigenvalue weighted by Gasteiger charge is 2.08. The van der Waals surface area contributed by atoms with Gasteiger partial charge in [-0.2, -0.15) is 0 Å². The first-order valence-corrected chi connectivity index (χ1v) is 9.44. The Bertz CT molecular complexity index is 330. The summed E-state index contributed by atoms with van der Waals surface area (Å²) in [6.07, 6.45) is 22.2. The molecule has 0 atom stereocenters. The predicted molar refractivity (Wildman–Crippen MR) is 91.4 cm³/mol. The Morgan fingerprint density at radius 2 is 1.33 bits per heavy atom. The molecule has 2 heteroatoms. The number of unbranched alkanes of at least 4 members (excludes halogenated alkanes) is 10. The molecule has 0 saturated heterocycles. The molecule has 0 bridgehead atoms. The number of aromatic nitrogens is 2. The van der Waals surface area contributed by atoms with E-state index in [0.717, 1.165) is 0 Å². The van der Waals surface area contributed by atoms with Crippen LogP contribution >= 0.6 is 0 Å². The second-order valence-corrected chi connectivity index (χ2v) is 6.39. The van der Waals surface area contributed by atoms with Gasteiger partial charge in [0.15, 0.2) is 0 Å². The van der Waals surface area contributed by atoms with Gasteiger partial charge in [0, 0.05) is 6.42 Å². The lowest BCUT2D eigenvalue weighted by Gasteiger charge is -2.02. The van der Waals surface area contributed by atoms with E-state index >= 15 is 0 Å². The molecular formula is C19H37N2+. The van der Waals surface area contributed by atoms with Crippen LogP contribution in [0.15, 0.2) is 12.4 Å². The highest BCUT2D eigenvalue weighted by Crippen LogP contribution is 2.11. The van der Waals surface area contributed by atoms with Crippen LogP contribution in [0.1, 0.15) is 96.7 Å². The van der Waals surface area contributed by atoms with Gasteiger partial charge in [-0.15, -0.1) is 0 Å². The van der Waals surface area contributed by atoms with Crippen molar-refractivity contribution in [3.05, 3.63) is 18.2 Å². The molecule has 0 amide bonds. The number of imidazole rings is 1. The van der Waals surface area contributed by atoms with E-state index in [1.165, 1.54) is 95.8 Å². The van der Waals surface area contributed by atoms with Crippen LogP contribution < -0.4 is 4.57 Å². The second kappa shape index (κ2) is 12.9. The molecule has 0 aromatic carbocycles. The van der Waals surface area contributed by atoms with Crippen LogP contribution in [-0.4, -0.2) is 4.98 Å². The van der Waals surface area contributed by atoms with Crippen LogP contribution in [0.3, 0.4) is 0 Å². The van der Waals surface area contributed by atoms with Gasteiger partial charge in [0.05, 0.1) is 6.54 Å². The van der Waals surface area contributed by atoms with E-state index < -0.39 is 0 Å². The third-order valence-corrected chi connectivity index (χ3v) is 4.37. The van der Waals surface area contributed by atoms with Crippen molar-refractivity contribution in [3.63, 3.8) is 0 Å². The highest BCUT2D eigenvalue weighted by molar-refractivity contribution is 4.77. The molecule has 1 aromatic heterocycles. The Balaban J connectivity index is 1.95. The molecule has 0 radical (unpaired) electrons. The van der Waals surface area contributed by atoms with Crippen LogP contribution in [0.5, 0.6) is 0 Å². The first-order valence-electron chi connectivity index (χ1n) is 9.44. The molecule has 0 unspecified atom stereocenters. The number of aryl methyl sites for hydroxylation is 2. The lowest BCUT2D eigenvalue weighted by atomic mass is 10.1. The normalized spacial score (nSPS) is 11.1. The van der Waals surface area contributed by atoms with Crippen LogP contribution in [0.2, 0.25) is 0 Å². The molecule has 122 valence electrons. The Labute approximate surface area is 132 Å². The number of nitrogens with zero attached hydrogens (tertiary/aromatic N) is 1. The molecule has 0 spiro atoms. The van der Waals surface area contributed by atoms with Crippen molar-refractivity contribution in [1.82, 2.24) is 4.98 Å². The molecule has 2 nitrogen and oxygen atoms in total. The summed E-state index contributed by atoms with van der Waals surface area (Å²) in [6, 6.07) is 0. The Morgan fingerprint density at radius 1 is 0.762 bits per heavy atom. The first-order chi connectivity index (χ1) is 10.4. The van der Waals surface area contributed by atoms with Gasteiger partial charge in [0.25, 0.3) is 5.82 Å². The number of hydrogen-bond donors (Lipinski definition) is 1. The minimum atomic E-state index is 1.17. The number of aromatic amines is 1. The maximum atomic E-state index is 3.41. The van der Waals surface area contributed by atoms with Gasteiger partial charge in [0.2, 0.25) is 0 Å². The summed E-state index contributed by atoms with van der Waals surface area (Å²) in [6.45, 7) is 5.72. The maximum absolute atomic E-state index is 3.41.